The van der Waals surface area contributed by atoms with E-state index in [0.717, 1.165) is 12.0 Å². The molecule has 0 fully saturated rings. The van der Waals surface area contributed by atoms with Gasteiger partial charge in [0.05, 0.1) is 12.0 Å². The predicted octanol–water partition coefficient (Wildman–Crippen LogP) is 1.94. The molecule has 0 radical (unpaired) electrons. The van der Waals surface area contributed by atoms with Crippen molar-refractivity contribution in [2.75, 3.05) is 25.1 Å². The number of carbonyl (C=O) groups is 1. The maximum Gasteiger partial charge on any atom is 0.406 e. The number of unbranched alkanes of at least 4 members (excludes halogenated alkanes) is 1. The molecular formula is C18H20N8O3. The van der Waals surface area contributed by atoms with Gasteiger partial charge in [-0.05, 0) is 31.0 Å². The van der Waals surface area contributed by atoms with Gasteiger partial charge in [0.1, 0.15) is 23.4 Å². The van der Waals surface area contributed by atoms with E-state index in [-0.39, 0.29) is 6.01 Å². The molecular weight excluding hydrogens is 376 g/mol. The number of nitrogens with two attached hydrogens (primary N) is 2. The lowest BCUT2D eigenvalue weighted by molar-refractivity contribution is 0.146. The van der Waals surface area contributed by atoms with Gasteiger partial charge in [-0.2, -0.15) is 10.1 Å². The Morgan fingerprint density at radius 1 is 1.28 bits per heavy atom. The molecule has 11 nitrogen and oxygen atoms in total. The molecule has 0 saturated heterocycles. The fraction of sp³-hybridized carbons (Fsp3) is 0.278. The van der Waals surface area contributed by atoms with E-state index in [0.29, 0.717) is 53.2 Å². The average molecular weight is 396 g/mol. The molecule has 0 aliphatic rings. The molecule has 0 aliphatic carbocycles. The Labute approximate surface area is 165 Å². The summed E-state index contributed by atoms with van der Waals surface area (Å²) in [6, 6.07) is 5.59. The average Bonchev–Trinajstić information content (AvgIpc) is 3.27. The summed E-state index contributed by atoms with van der Waals surface area (Å²) in [4.78, 5) is 23.7. The number of rotatable bonds is 6. The summed E-state index contributed by atoms with van der Waals surface area (Å²) in [6.07, 6.45) is 2.40. The topological polar surface area (TPSA) is 160 Å². The molecule has 3 heterocycles. The Bertz CT molecular complexity index is 1180. The molecule has 4 rings (SSSR count). The molecule has 1 aromatic carbocycles. The van der Waals surface area contributed by atoms with E-state index in [1.54, 1.807) is 10.7 Å². The van der Waals surface area contributed by atoms with Crippen molar-refractivity contribution >= 4 is 40.1 Å². The number of amides is 1. The van der Waals surface area contributed by atoms with Crippen molar-refractivity contribution in [2.45, 2.75) is 19.4 Å². The first-order valence-corrected chi connectivity index (χ1v) is 9.04. The van der Waals surface area contributed by atoms with Gasteiger partial charge in [0.2, 0.25) is 0 Å². The molecule has 0 unspecified atom stereocenters. The fourth-order valence-corrected chi connectivity index (χ4v) is 3.08. The number of nitrogens with one attached hydrogen (secondary N) is 1. The Morgan fingerprint density at radius 2 is 2.14 bits per heavy atom. The second kappa shape index (κ2) is 7.62. The molecule has 4 aromatic rings. The van der Waals surface area contributed by atoms with Crippen molar-refractivity contribution in [3.8, 4) is 11.3 Å². The molecule has 0 saturated carbocycles. The first-order chi connectivity index (χ1) is 14.1. The number of alkyl carbamates (subject to hydrolysis) is 1. The maximum absolute atomic E-state index is 11.1. The van der Waals surface area contributed by atoms with Crippen LogP contribution in [0, 0.1) is 0 Å². The summed E-state index contributed by atoms with van der Waals surface area (Å²) in [5.74, 6) is 0.346. The third kappa shape index (κ3) is 3.61. The number of benzene rings is 1. The van der Waals surface area contributed by atoms with Crippen molar-refractivity contribution in [3.63, 3.8) is 0 Å². The molecule has 29 heavy (non-hydrogen) atoms. The van der Waals surface area contributed by atoms with Crippen LogP contribution in [0.2, 0.25) is 0 Å². The van der Waals surface area contributed by atoms with E-state index in [1.807, 2.05) is 12.1 Å². The molecule has 0 aliphatic heterocycles. The summed E-state index contributed by atoms with van der Waals surface area (Å²) < 4.78 is 12.1. The summed E-state index contributed by atoms with van der Waals surface area (Å²) in [5, 5.41) is 7.79. The van der Waals surface area contributed by atoms with Crippen LogP contribution in [-0.4, -0.2) is 44.5 Å². The second-order valence-corrected chi connectivity index (χ2v) is 6.36. The highest BCUT2D eigenvalue weighted by atomic mass is 16.5. The van der Waals surface area contributed by atoms with E-state index in [1.165, 1.54) is 13.4 Å². The minimum absolute atomic E-state index is 0.106. The zero-order valence-electron chi connectivity index (χ0n) is 15.8. The minimum Gasteiger partial charge on any atom is -0.450 e. The largest absolute Gasteiger partial charge is 0.450 e. The van der Waals surface area contributed by atoms with E-state index < -0.39 is 6.09 Å². The number of hydrogen-bond donors (Lipinski definition) is 3. The van der Waals surface area contributed by atoms with E-state index >= 15 is 0 Å². The number of aryl methyl sites for hydroxylation is 1. The van der Waals surface area contributed by atoms with Crippen LogP contribution >= 0.6 is 0 Å². The molecule has 3 aromatic heterocycles. The number of carbonyl (C=O) groups excluding carboxylic acids is 1. The number of aromatic nitrogens is 5. The summed E-state index contributed by atoms with van der Waals surface area (Å²) in [7, 11) is 1.52. The highest BCUT2D eigenvalue weighted by Crippen LogP contribution is 2.32. The van der Waals surface area contributed by atoms with Crippen LogP contribution in [0.25, 0.3) is 33.4 Å². The van der Waals surface area contributed by atoms with Gasteiger partial charge in [0.25, 0.3) is 6.01 Å². The third-order valence-electron chi connectivity index (χ3n) is 4.44. The lowest BCUT2D eigenvalue weighted by Crippen LogP contribution is -2.19. The highest BCUT2D eigenvalue weighted by molar-refractivity contribution is 5.99. The van der Waals surface area contributed by atoms with Gasteiger partial charge >= 0.3 is 6.09 Å². The predicted molar refractivity (Wildman–Crippen MR) is 107 cm³/mol. The van der Waals surface area contributed by atoms with Crippen LogP contribution in [0.5, 0.6) is 0 Å². The normalized spacial score (nSPS) is 11.2. The zero-order valence-corrected chi connectivity index (χ0v) is 15.8. The molecule has 0 bridgehead atoms. The smallest absolute Gasteiger partial charge is 0.406 e. The molecule has 0 atom stereocenters. The van der Waals surface area contributed by atoms with Gasteiger partial charge in [-0.1, -0.05) is 0 Å². The Kier molecular flexibility index (Phi) is 4.85. The Hall–Kier alpha value is -3.89. The van der Waals surface area contributed by atoms with E-state index in [9.17, 15) is 4.79 Å². The van der Waals surface area contributed by atoms with Gasteiger partial charge in [-0.3, -0.25) is 0 Å². The lowest BCUT2D eigenvalue weighted by atomic mass is 10.1. The van der Waals surface area contributed by atoms with Gasteiger partial charge in [0.15, 0.2) is 11.2 Å². The molecule has 1 amide bonds. The number of fused-ring (bicyclic) bond motifs is 2. The van der Waals surface area contributed by atoms with Crippen molar-refractivity contribution < 1.29 is 13.9 Å². The number of nitrogen functional groups attached to an aromatic ring is 2. The number of ether oxygens (including phenoxy) is 1. The van der Waals surface area contributed by atoms with Crippen LogP contribution in [-0.2, 0) is 11.3 Å². The maximum atomic E-state index is 11.1. The van der Waals surface area contributed by atoms with Crippen LogP contribution in [0.15, 0.2) is 28.9 Å². The first kappa shape index (κ1) is 18.5. The molecule has 5 N–H and O–H groups in total. The van der Waals surface area contributed by atoms with Crippen molar-refractivity contribution in [2.24, 2.45) is 0 Å². The third-order valence-corrected chi connectivity index (χ3v) is 4.44. The second-order valence-electron chi connectivity index (χ2n) is 6.36. The lowest BCUT2D eigenvalue weighted by Gasteiger charge is -2.04. The first-order valence-electron chi connectivity index (χ1n) is 9.04. The van der Waals surface area contributed by atoms with Crippen molar-refractivity contribution in [3.05, 3.63) is 24.5 Å². The van der Waals surface area contributed by atoms with Crippen LogP contribution in [0.3, 0.4) is 0 Å². The number of nitrogens with zero attached hydrogens (tertiary/aromatic N) is 5. The Morgan fingerprint density at radius 3 is 2.97 bits per heavy atom. The summed E-state index contributed by atoms with van der Waals surface area (Å²) in [5.41, 5.74) is 15.1. The molecule has 11 heteroatoms. The SMILES string of the molecule is CNC(=O)OCCCCn1nc(-c2ccc3oc(N)nc3c2)c2c(N)ncnc21. The summed E-state index contributed by atoms with van der Waals surface area (Å²) >= 11 is 0. The standard InChI is InChI=1S/C18H20N8O3/c1-21-18(27)28-7-3-2-6-26-16-13(15(19)22-9-23-16)14(25-26)10-4-5-12-11(8-10)24-17(20)29-12/h4-5,8-9H,2-3,6-7H2,1H3,(H2,20,24)(H,21,27)(H2,19,22,23). The fourth-order valence-electron chi connectivity index (χ4n) is 3.08. The Balaban J connectivity index is 1.63. The van der Waals surface area contributed by atoms with Gasteiger partial charge in [-0.15, -0.1) is 0 Å². The minimum atomic E-state index is -0.443. The monoisotopic (exact) mass is 396 g/mol. The van der Waals surface area contributed by atoms with Crippen molar-refractivity contribution in [1.82, 2.24) is 30.0 Å². The number of anilines is 2. The zero-order chi connectivity index (χ0) is 20.4. The summed E-state index contributed by atoms with van der Waals surface area (Å²) in [6.45, 7) is 0.913. The van der Waals surface area contributed by atoms with Gasteiger partial charge < -0.3 is 25.9 Å². The van der Waals surface area contributed by atoms with Crippen LogP contribution in [0.1, 0.15) is 12.8 Å². The van der Waals surface area contributed by atoms with Gasteiger partial charge in [-0.25, -0.2) is 19.4 Å². The quantitative estimate of drug-likeness (QED) is 0.414. The number of hydrogen-bond acceptors (Lipinski definition) is 9. The van der Waals surface area contributed by atoms with E-state index in [4.69, 9.17) is 25.7 Å². The van der Waals surface area contributed by atoms with Crippen LogP contribution < -0.4 is 16.8 Å². The van der Waals surface area contributed by atoms with E-state index in [2.05, 4.69) is 20.3 Å². The molecule has 0 spiro atoms. The van der Waals surface area contributed by atoms with Crippen molar-refractivity contribution in [1.29, 1.82) is 0 Å². The molecule has 150 valence electrons. The van der Waals surface area contributed by atoms with Crippen LogP contribution in [0.4, 0.5) is 16.6 Å². The number of oxazole rings is 1. The highest BCUT2D eigenvalue weighted by Gasteiger charge is 2.18. The van der Waals surface area contributed by atoms with Gasteiger partial charge in [0, 0.05) is 19.2 Å².